The Bertz CT molecular complexity index is 1070. The minimum Gasteiger partial charge on any atom is -0.496 e. The topological polar surface area (TPSA) is 67.6 Å². The van der Waals surface area contributed by atoms with Gasteiger partial charge in [-0.1, -0.05) is 12.1 Å². The van der Waals surface area contributed by atoms with Crippen molar-refractivity contribution in [2.24, 2.45) is 5.92 Å². The van der Waals surface area contributed by atoms with Gasteiger partial charge < -0.3 is 19.4 Å². The van der Waals surface area contributed by atoms with Crippen molar-refractivity contribution in [1.82, 2.24) is 15.2 Å². The zero-order valence-electron chi connectivity index (χ0n) is 16.2. The summed E-state index contributed by atoms with van der Waals surface area (Å²) >= 11 is 0. The summed E-state index contributed by atoms with van der Waals surface area (Å²) in [6, 6.07) is 9.87. The second kappa shape index (κ2) is 7.15. The van der Waals surface area contributed by atoms with Gasteiger partial charge in [-0.3, -0.25) is 4.79 Å². The summed E-state index contributed by atoms with van der Waals surface area (Å²) in [6.07, 6.45) is 2.18. The van der Waals surface area contributed by atoms with Gasteiger partial charge in [0.05, 0.1) is 18.2 Å². The molecule has 0 radical (unpaired) electrons. The van der Waals surface area contributed by atoms with E-state index in [9.17, 15) is 9.18 Å². The van der Waals surface area contributed by atoms with Gasteiger partial charge in [0.1, 0.15) is 17.1 Å². The maximum Gasteiger partial charge on any atom is 0.253 e. The minimum atomic E-state index is -0.528. The summed E-state index contributed by atoms with van der Waals surface area (Å²) < 4.78 is 25.4. The number of carbonyl (C=O) groups excluding carboxylic acids is 1. The lowest BCUT2D eigenvalue weighted by molar-refractivity contribution is 0.0621. The van der Waals surface area contributed by atoms with E-state index in [0.29, 0.717) is 28.6 Å². The molecule has 29 heavy (non-hydrogen) atoms. The van der Waals surface area contributed by atoms with Gasteiger partial charge in [-0.15, -0.1) is 0 Å². The van der Waals surface area contributed by atoms with Crippen LogP contribution in [0.4, 0.5) is 4.39 Å². The number of oxazole rings is 1. The van der Waals surface area contributed by atoms with Crippen LogP contribution in [0.2, 0.25) is 0 Å². The molecule has 1 N–H and O–H groups in total. The summed E-state index contributed by atoms with van der Waals surface area (Å²) in [5, 5.41) is 3.10. The number of amides is 1. The number of methoxy groups -OCH3 is 1. The second-order valence-electron chi connectivity index (χ2n) is 7.74. The van der Waals surface area contributed by atoms with Crippen molar-refractivity contribution in [3.8, 4) is 17.2 Å². The monoisotopic (exact) mass is 395 g/mol. The first kappa shape index (κ1) is 18.1. The fourth-order valence-electron chi connectivity index (χ4n) is 4.48. The maximum atomic E-state index is 14.2. The van der Waals surface area contributed by atoms with Gasteiger partial charge >= 0.3 is 0 Å². The number of hydrogen-bond acceptors (Lipinski definition) is 5. The van der Waals surface area contributed by atoms with Crippen LogP contribution in [0.3, 0.4) is 0 Å². The lowest BCUT2D eigenvalue weighted by atomic mass is 9.84. The van der Waals surface area contributed by atoms with Gasteiger partial charge in [0, 0.05) is 18.7 Å². The van der Waals surface area contributed by atoms with Crippen LogP contribution in [0.1, 0.15) is 23.2 Å². The number of hydrogen-bond donors (Lipinski definition) is 1. The molecular weight excluding hydrogens is 373 g/mol. The molecular formula is C22H22FN3O3. The van der Waals surface area contributed by atoms with E-state index in [4.69, 9.17) is 9.15 Å². The van der Waals surface area contributed by atoms with Crippen LogP contribution in [0, 0.1) is 11.7 Å². The number of para-hydroxylation sites is 1. The molecule has 2 bridgehead atoms. The standard InChI is InChI=1S/C22H22FN3O3/c1-28-18-5-3-2-4-15(18)22-25-20-16(10-14(23)11-19(20)29-22)21(27)24-17-12-26-8-6-13(17)7-9-26/h2-5,10-11,13,17H,6-9,12H2,1H3,(H,24,27)/t17-/m1/s1. The number of ether oxygens (including phenoxy) is 1. The number of aromatic nitrogens is 1. The molecule has 1 amide bonds. The number of piperidine rings is 3. The second-order valence-corrected chi connectivity index (χ2v) is 7.74. The van der Waals surface area contributed by atoms with Crippen LogP contribution in [-0.4, -0.2) is 48.6 Å². The molecule has 0 aliphatic carbocycles. The van der Waals surface area contributed by atoms with Crippen LogP contribution < -0.4 is 10.1 Å². The molecule has 150 valence electrons. The third-order valence-corrected chi connectivity index (χ3v) is 6.01. The van der Waals surface area contributed by atoms with E-state index < -0.39 is 5.82 Å². The minimum absolute atomic E-state index is 0.0870. The number of rotatable bonds is 4. The molecule has 3 aromatic rings. The van der Waals surface area contributed by atoms with Gasteiger partial charge in [-0.2, -0.15) is 0 Å². The number of carbonyl (C=O) groups is 1. The highest BCUT2D eigenvalue weighted by Crippen LogP contribution is 2.33. The summed E-state index contributed by atoms with van der Waals surface area (Å²) in [5.41, 5.74) is 1.44. The smallest absolute Gasteiger partial charge is 0.253 e. The molecule has 3 saturated heterocycles. The molecule has 0 saturated carbocycles. The van der Waals surface area contributed by atoms with Gasteiger partial charge in [-0.25, -0.2) is 9.37 Å². The molecule has 3 fully saturated rings. The van der Waals surface area contributed by atoms with Crippen molar-refractivity contribution >= 4 is 17.0 Å². The van der Waals surface area contributed by atoms with Crippen molar-refractivity contribution in [3.63, 3.8) is 0 Å². The van der Waals surface area contributed by atoms with Crippen LogP contribution >= 0.6 is 0 Å². The van der Waals surface area contributed by atoms with E-state index in [-0.39, 0.29) is 23.1 Å². The van der Waals surface area contributed by atoms with E-state index >= 15 is 0 Å². The SMILES string of the molecule is COc1ccccc1-c1nc2c(C(=O)N[C@@H]3CN4CCC3CC4)cc(F)cc2o1. The highest BCUT2D eigenvalue weighted by atomic mass is 19.1. The zero-order chi connectivity index (χ0) is 20.0. The molecule has 7 heteroatoms. The molecule has 0 unspecified atom stereocenters. The number of benzene rings is 2. The first-order valence-electron chi connectivity index (χ1n) is 9.89. The predicted octanol–water partition coefficient (Wildman–Crippen LogP) is 3.47. The largest absolute Gasteiger partial charge is 0.496 e. The van der Waals surface area contributed by atoms with Crippen molar-refractivity contribution in [2.75, 3.05) is 26.7 Å². The Balaban J connectivity index is 1.50. The van der Waals surface area contributed by atoms with Crippen LogP contribution in [0.15, 0.2) is 40.8 Å². The van der Waals surface area contributed by atoms with E-state index in [1.54, 1.807) is 13.2 Å². The van der Waals surface area contributed by atoms with Crippen molar-refractivity contribution in [1.29, 1.82) is 0 Å². The number of nitrogens with zero attached hydrogens (tertiary/aromatic N) is 2. The highest BCUT2D eigenvalue weighted by Gasteiger charge is 2.35. The van der Waals surface area contributed by atoms with Gasteiger partial charge in [0.2, 0.25) is 5.89 Å². The average molecular weight is 395 g/mol. The number of fused-ring (bicyclic) bond motifs is 4. The van der Waals surface area contributed by atoms with Crippen LogP contribution in [-0.2, 0) is 0 Å². The summed E-state index contributed by atoms with van der Waals surface area (Å²) in [6.45, 7) is 3.03. The molecule has 1 atom stereocenters. The Morgan fingerprint density at radius 2 is 2.07 bits per heavy atom. The zero-order valence-corrected chi connectivity index (χ0v) is 16.2. The van der Waals surface area contributed by atoms with E-state index in [0.717, 1.165) is 32.5 Å². The first-order valence-corrected chi connectivity index (χ1v) is 9.89. The molecule has 0 spiro atoms. The van der Waals surface area contributed by atoms with Crippen LogP contribution in [0.25, 0.3) is 22.6 Å². The van der Waals surface area contributed by atoms with Gasteiger partial charge in [-0.05, 0) is 50.0 Å². The Hall–Kier alpha value is -2.93. The van der Waals surface area contributed by atoms with Gasteiger partial charge in [0.15, 0.2) is 5.58 Å². The fourth-order valence-corrected chi connectivity index (χ4v) is 4.48. The summed E-state index contributed by atoms with van der Waals surface area (Å²) in [7, 11) is 1.56. The molecule has 1 aromatic heterocycles. The third-order valence-electron chi connectivity index (χ3n) is 6.01. The lowest BCUT2D eigenvalue weighted by Crippen LogP contribution is -2.57. The molecule has 4 heterocycles. The van der Waals surface area contributed by atoms with Crippen LogP contribution in [0.5, 0.6) is 5.75 Å². The maximum absolute atomic E-state index is 14.2. The van der Waals surface area contributed by atoms with Crippen molar-refractivity contribution in [2.45, 2.75) is 18.9 Å². The fraction of sp³-hybridized carbons (Fsp3) is 0.364. The Morgan fingerprint density at radius 3 is 2.79 bits per heavy atom. The van der Waals surface area contributed by atoms with E-state index in [1.165, 1.54) is 12.1 Å². The van der Waals surface area contributed by atoms with Crippen molar-refractivity contribution < 1.29 is 18.3 Å². The number of halogens is 1. The van der Waals surface area contributed by atoms with E-state index in [1.807, 2.05) is 18.2 Å². The molecule has 6 nitrogen and oxygen atoms in total. The molecule has 3 aliphatic heterocycles. The Labute approximate surface area is 167 Å². The third kappa shape index (κ3) is 3.25. The Morgan fingerprint density at radius 1 is 1.28 bits per heavy atom. The van der Waals surface area contributed by atoms with E-state index in [2.05, 4.69) is 15.2 Å². The number of nitrogens with one attached hydrogen (secondary N) is 1. The highest BCUT2D eigenvalue weighted by molar-refractivity contribution is 6.05. The predicted molar refractivity (Wildman–Crippen MR) is 106 cm³/mol. The Kier molecular flexibility index (Phi) is 4.47. The van der Waals surface area contributed by atoms with Crippen molar-refractivity contribution in [3.05, 3.63) is 47.8 Å². The molecule has 3 aliphatic rings. The molecule has 2 aromatic carbocycles. The van der Waals surface area contributed by atoms with Gasteiger partial charge in [0.25, 0.3) is 5.91 Å². The normalized spacial score (nSPS) is 23.3. The summed E-state index contributed by atoms with van der Waals surface area (Å²) in [4.78, 5) is 19.9. The summed E-state index contributed by atoms with van der Waals surface area (Å²) in [5.74, 6) is 0.527. The first-order chi connectivity index (χ1) is 14.1. The molecule has 6 rings (SSSR count). The quantitative estimate of drug-likeness (QED) is 0.733. The lowest BCUT2D eigenvalue weighted by Gasteiger charge is -2.44. The average Bonchev–Trinajstić information content (AvgIpc) is 3.17.